The molecule has 0 saturated heterocycles. The average Bonchev–Trinajstić information content (AvgIpc) is 3.29. The van der Waals surface area contributed by atoms with Gasteiger partial charge in [-0.1, -0.05) is 12.8 Å². The molecule has 1 aliphatic carbocycles. The zero-order valence-corrected chi connectivity index (χ0v) is 14.5. The molecule has 1 N–H and O–H groups in total. The molecule has 3 aromatic heterocycles. The maximum absolute atomic E-state index is 4.92. The standard InChI is InChI=1S/C17H23N7/c1-11-8-18-14(20-11)10-23(2)16-13-9-19-24(3)17(13)22-15(21-16)12-6-4-5-7-12/h8-9,12H,4-7,10H2,1-3H3,(H,18,20). The largest absolute Gasteiger partial charge is 0.351 e. The molecule has 7 nitrogen and oxygen atoms in total. The Morgan fingerprint density at radius 1 is 1.25 bits per heavy atom. The number of aromatic nitrogens is 6. The second-order valence-electron chi connectivity index (χ2n) is 6.76. The normalized spacial score (nSPS) is 15.5. The van der Waals surface area contributed by atoms with Gasteiger partial charge in [-0.2, -0.15) is 5.10 Å². The van der Waals surface area contributed by atoms with Crippen molar-refractivity contribution in [2.45, 2.75) is 45.1 Å². The van der Waals surface area contributed by atoms with E-state index in [2.05, 4.69) is 20.0 Å². The molecule has 24 heavy (non-hydrogen) atoms. The smallest absolute Gasteiger partial charge is 0.163 e. The lowest BCUT2D eigenvalue weighted by Gasteiger charge is -2.19. The van der Waals surface area contributed by atoms with Crippen LogP contribution in [0.4, 0.5) is 5.82 Å². The minimum atomic E-state index is 0.474. The van der Waals surface area contributed by atoms with Crippen molar-refractivity contribution in [3.8, 4) is 0 Å². The molecule has 7 heteroatoms. The van der Waals surface area contributed by atoms with Crippen LogP contribution in [-0.4, -0.2) is 36.8 Å². The fourth-order valence-electron chi connectivity index (χ4n) is 3.53. The van der Waals surface area contributed by atoms with E-state index in [-0.39, 0.29) is 0 Å². The second-order valence-corrected chi connectivity index (χ2v) is 6.76. The van der Waals surface area contributed by atoms with Gasteiger partial charge in [0.1, 0.15) is 17.5 Å². The number of imidazole rings is 1. The molecule has 1 saturated carbocycles. The lowest BCUT2D eigenvalue weighted by molar-refractivity contribution is 0.664. The highest BCUT2D eigenvalue weighted by Gasteiger charge is 2.23. The van der Waals surface area contributed by atoms with E-state index >= 15 is 0 Å². The zero-order valence-electron chi connectivity index (χ0n) is 14.5. The number of rotatable bonds is 4. The van der Waals surface area contributed by atoms with Gasteiger partial charge < -0.3 is 9.88 Å². The Kier molecular flexibility index (Phi) is 3.70. The monoisotopic (exact) mass is 325 g/mol. The summed E-state index contributed by atoms with van der Waals surface area (Å²) in [6, 6.07) is 0. The third-order valence-electron chi connectivity index (χ3n) is 4.81. The molecule has 0 spiro atoms. The van der Waals surface area contributed by atoms with Crippen molar-refractivity contribution in [1.29, 1.82) is 0 Å². The Balaban J connectivity index is 1.74. The summed E-state index contributed by atoms with van der Waals surface area (Å²) >= 11 is 0. The van der Waals surface area contributed by atoms with Crippen molar-refractivity contribution in [1.82, 2.24) is 29.7 Å². The predicted octanol–water partition coefficient (Wildman–Crippen LogP) is 2.69. The van der Waals surface area contributed by atoms with Crippen molar-refractivity contribution in [3.63, 3.8) is 0 Å². The van der Waals surface area contributed by atoms with Gasteiger partial charge in [0, 0.05) is 31.9 Å². The molecule has 0 aromatic carbocycles. The summed E-state index contributed by atoms with van der Waals surface area (Å²) in [5, 5.41) is 5.37. The van der Waals surface area contributed by atoms with Gasteiger partial charge in [-0.05, 0) is 19.8 Å². The summed E-state index contributed by atoms with van der Waals surface area (Å²) in [5.41, 5.74) is 1.98. The lowest BCUT2D eigenvalue weighted by atomic mass is 10.1. The zero-order chi connectivity index (χ0) is 16.7. The molecule has 0 bridgehead atoms. The van der Waals surface area contributed by atoms with Gasteiger partial charge in [-0.15, -0.1) is 0 Å². The van der Waals surface area contributed by atoms with E-state index in [1.165, 1.54) is 25.7 Å². The number of H-pyrrole nitrogens is 1. The summed E-state index contributed by atoms with van der Waals surface area (Å²) < 4.78 is 1.84. The number of anilines is 1. The first-order chi connectivity index (χ1) is 11.6. The Labute approximate surface area is 141 Å². The summed E-state index contributed by atoms with van der Waals surface area (Å²) in [7, 11) is 3.98. The molecule has 4 rings (SSSR count). The van der Waals surface area contributed by atoms with Crippen LogP contribution in [0, 0.1) is 6.92 Å². The minimum absolute atomic E-state index is 0.474. The maximum Gasteiger partial charge on any atom is 0.163 e. The quantitative estimate of drug-likeness (QED) is 0.798. The van der Waals surface area contributed by atoms with Gasteiger partial charge in [0.15, 0.2) is 5.65 Å². The molecular weight excluding hydrogens is 302 g/mol. The SMILES string of the molecule is Cc1cnc(CN(C)c2nc(C3CCCC3)nc3c2cnn3C)[nH]1. The van der Waals surface area contributed by atoms with Crippen LogP contribution in [0.3, 0.4) is 0 Å². The molecule has 0 amide bonds. The molecule has 126 valence electrons. The van der Waals surface area contributed by atoms with Crippen LogP contribution < -0.4 is 4.90 Å². The van der Waals surface area contributed by atoms with E-state index in [1.54, 1.807) is 0 Å². The molecule has 0 radical (unpaired) electrons. The molecule has 0 atom stereocenters. The van der Waals surface area contributed by atoms with Crippen LogP contribution in [0.15, 0.2) is 12.4 Å². The highest BCUT2D eigenvalue weighted by Crippen LogP contribution is 2.34. The Hall–Kier alpha value is -2.44. The van der Waals surface area contributed by atoms with E-state index in [1.807, 2.05) is 38.1 Å². The summed E-state index contributed by atoms with van der Waals surface area (Å²) in [5.74, 6) is 3.31. The second kappa shape index (κ2) is 5.89. The average molecular weight is 325 g/mol. The summed E-state index contributed by atoms with van der Waals surface area (Å²) in [6.45, 7) is 2.69. The molecule has 1 aliphatic rings. The van der Waals surface area contributed by atoms with Crippen molar-refractivity contribution in [3.05, 3.63) is 29.7 Å². The third kappa shape index (κ3) is 2.64. The van der Waals surface area contributed by atoms with Gasteiger partial charge in [-0.25, -0.2) is 15.0 Å². The van der Waals surface area contributed by atoms with E-state index in [0.717, 1.165) is 34.2 Å². The number of fused-ring (bicyclic) bond motifs is 1. The predicted molar refractivity (Wildman–Crippen MR) is 92.9 cm³/mol. The first-order valence-electron chi connectivity index (χ1n) is 8.53. The molecule has 0 aliphatic heterocycles. The van der Waals surface area contributed by atoms with Crippen molar-refractivity contribution in [2.75, 3.05) is 11.9 Å². The van der Waals surface area contributed by atoms with Crippen LogP contribution in [0.1, 0.15) is 48.9 Å². The Bertz CT molecular complexity index is 857. The Morgan fingerprint density at radius 2 is 2.04 bits per heavy atom. The Morgan fingerprint density at radius 3 is 2.75 bits per heavy atom. The van der Waals surface area contributed by atoms with Crippen LogP contribution >= 0.6 is 0 Å². The van der Waals surface area contributed by atoms with Crippen LogP contribution in [0.5, 0.6) is 0 Å². The molecule has 0 unspecified atom stereocenters. The van der Waals surface area contributed by atoms with Gasteiger partial charge in [0.05, 0.1) is 18.1 Å². The van der Waals surface area contributed by atoms with Crippen LogP contribution in [0.2, 0.25) is 0 Å². The number of hydrogen-bond acceptors (Lipinski definition) is 5. The lowest BCUT2D eigenvalue weighted by Crippen LogP contribution is -2.20. The van der Waals surface area contributed by atoms with Crippen molar-refractivity contribution < 1.29 is 0 Å². The number of nitrogens with zero attached hydrogens (tertiary/aromatic N) is 6. The summed E-state index contributed by atoms with van der Waals surface area (Å²) in [4.78, 5) is 19.5. The summed E-state index contributed by atoms with van der Waals surface area (Å²) in [6.07, 6.45) is 8.62. The molecule has 3 aromatic rings. The highest BCUT2D eigenvalue weighted by molar-refractivity contribution is 5.86. The van der Waals surface area contributed by atoms with Crippen LogP contribution in [-0.2, 0) is 13.6 Å². The minimum Gasteiger partial charge on any atom is -0.351 e. The number of aromatic amines is 1. The van der Waals surface area contributed by atoms with Gasteiger partial charge in [0.2, 0.25) is 0 Å². The van der Waals surface area contributed by atoms with E-state index in [0.29, 0.717) is 12.5 Å². The number of hydrogen-bond donors (Lipinski definition) is 1. The molecule has 1 fully saturated rings. The number of aryl methyl sites for hydroxylation is 2. The van der Waals surface area contributed by atoms with Crippen molar-refractivity contribution in [2.24, 2.45) is 7.05 Å². The fraction of sp³-hybridized carbons (Fsp3) is 0.529. The fourth-order valence-corrected chi connectivity index (χ4v) is 3.53. The van der Waals surface area contributed by atoms with E-state index in [9.17, 15) is 0 Å². The van der Waals surface area contributed by atoms with E-state index in [4.69, 9.17) is 9.97 Å². The number of nitrogens with one attached hydrogen (secondary N) is 1. The third-order valence-corrected chi connectivity index (χ3v) is 4.81. The topological polar surface area (TPSA) is 75.5 Å². The first-order valence-corrected chi connectivity index (χ1v) is 8.53. The first kappa shape index (κ1) is 15.1. The van der Waals surface area contributed by atoms with Gasteiger partial charge in [-0.3, -0.25) is 4.68 Å². The van der Waals surface area contributed by atoms with Gasteiger partial charge in [0.25, 0.3) is 0 Å². The van der Waals surface area contributed by atoms with Crippen LogP contribution in [0.25, 0.3) is 11.0 Å². The van der Waals surface area contributed by atoms with E-state index < -0.39 is 0 Å². The van der Waals surface area contributed by atoms with Gasteiger partial charge >= 0.3 is 0 Å². The maximum atomic E-state index is 4.92. The van der Waals surface area contributed by atoms with Crippen molar-refractivity contribution >= 4 is 16.9 Å². The molecular formula is C17H23N7. The highest BCUT2D eigenvalue weighted by atomic mass is 15.3. The molecule has 3 heterocycles.